The Hall–Kier alpha value is -0.890. The summed E-state index contributed by atoms with van der Waals surface area (Å²) in [5.74, 6) is 0.388. The molecule has 0 fully saturated rings. The Balaban J connectivity index is 1.54. The van der Waals surface area contributed by atoms with Crippen molar-refractivity contribution in [1.82, 2.24) is 9.88 Å². The van der Waals surface area contributed by atoms with E-state index in [4.69, 9.17) is 0 Å². The number of nitrogens with zero attached hydrogens (tertiary/aromatic N) is 2. The molecular formula is C15H16BrN3OS2. The Labute approximate surface area is 146 Å². The van der Waals surface area contributed by atoms with Crippen LogP contribution < -0.4 is 5.32 Å². The van der Waals surface area contributed by atoms with E-state index < -0.39 is 0 Å². The Morgan fingerprint density at radius 2 is 2.23 bits per heavy atom. The van der Waals surface area contributed by atoms with E-state index in [1.54, 1.807) is 11.3 Å². The van der Waals surface area contributed by atoms with Gasteiger partial charge in [-0.05, 0) is 31.3 Å². The van der Waals surface area contributed by atoms with Crippen molar-refractivity contribution in [1.29, 1.82) is 0 Å². The van der Waals surface area contributed by atoms with Crippen LogP contribution >= 0.6 is 39.0 Å². The van der Waals surface area contributed by atoms with Gasteiger partial charge >= 0.3 is 0 Å². The summed E-state index contributed by atoms with van der Waals surface area (Å²) >= 11 is 6.52. The number of carbonyl (C=O) groups is 1. The van der Waals surface area contributed by atoms with Gasteiger partial charge in [0, 0.05) is 33.8 Å². The minimum Gasteiger partial charge on any atom is -0.301 e. The van der Waals surface area contributed by atoms with Crippen LogP contribution in [0.2, 0.25) is 0 Å². The average molecular weight is 398 g/mol. The van der Waals surface area contributed by atoms with E-state index in [2.05, 4.69) is 38.2 Å². The number of hydrogen-bond acceptors (Lipinski definition) is 5. The van der Waals surface area contributed by atoms with E-state index in [9.17, 15) is 4.79 Å². The standard InChI is InChI=1S/C15H16BrN3OS2/c1-19-7-6-12-13(8-19)22-15(17-12)18-14(20)9-21-11-4-2-10(16)3-5-11/h2-5H,6-9H2,1H3,(H,17,18,20). The molecule has 1 N–H and O–H groups in total. The van der Waals surface area contributed by atoms with Crippen LogP contribution in [0.5, 0.6) is 0 Å². The number of amides is 1. The van der Waals surface area contributed by atoms with Crippen molar-refractivity contribution in [3.05, 3.63) is 39.3 Å². The van der Waals surface area contributed by atoms with E-state index in [1.165, 1.54) is 16.6 Å². The molecule has 0 aliphatic carbocycles. The van der Waals surface area contributed by atoms with Gasteiger partial charge in [-0.2, -0.15) is 0 Å². The molecule has 1 aromatic carbocycles. The van der Waals surface area contributed by atoms with Crippen molar-refractivity contribution >= 4 is 50.1 Å². The van der Waals surface area contributed by atoms with E-state index in [-0.39, 0.29) is 5.91 Å². The lowest BCUT2D eigenvalue weighted by Gasteiger charge is -2.20. The summed E-state index contributed by atoms with van der Waals surface area (Å²) < 4.78 is 1.04. The fourth-order valence-corrected chi connectivity index (χ4v) is 4.28. The van der Waals surface area contributed by atoms with E-state index in [0.717, 1.165) is 39.7 Å². The van der Waals surface area contributed by atoms with Crippen LogP contribution in [-0.2, 0) is 17.8 Å². The minimum absolute atomic E-state index is 0.00706. The third-order valence-electron chi connectivity index (χ3n) is 3.35. The maximum Gasteiger partial charge on any atom is 0.236 e. The first-order valence-electron chi connectivity index (χ1n) is 6.95. The van der Waals surface area contributed by atoms with Crippen molar-refractivity contribution in [3.8, 4) is 0 Å². The van der Waals surface area contributed by atoms with Gasteiger partial charge in [0.05, 0.1) is 11.4 Å². The van der Waals surface area contributed by atoms with Gasteiger partial charge in [-0.25, -0.2) is 4.98 Å². The third-order valence-corrected chi connectivity index (χ3v) is 5.89. The van der Waals surface area contributed by atoms with Crippen molar-refractivity contribution < 1.29 is 4.79 Å². The Morgan fingerprint density at radius 3 is 3.00 bits per heavy atom. The number of likely N-dealkylation sites (N-methyl/N-ethyl adjacent to an activating group) is 1. The highest BCUT2D eigenvalue weighted by Gasteiger charge is 2.19. The highest BCUT2D eigenvalue weighted by molar-refractivity contribution is 9.10. The summed E-state index contributed by atoms with van der Waals surface area (Å²) in [7, 11) is 2.11. The normalized spacial score (nSPS) is 14.6. The monoisotopic (exact) mass is 397 g/mol. The van der Waals surface area contributed by atoms with Gasteiger partial charge in [-0.3, -0.25) is 4.79 Å². The second kappa shape index (κ2) is 7.12. The summed E-state index contributed by atoms with van der Waals surface area (Å²) in [6, 6.07) is 7.96. The van der Waals surface area contributed by atoms with Gasteiger partial charge in [-0.15, -0.1) is 23.1 Å². The van der Waals surface area contributed by atoms with Gasteiger partial charge in [0.25, 0.3) is 0 Å². The van der Waals surface area contributed by atoms with E-state index in [0.29, 0.717) is 5.75 Å². The summed E-state index contributed by atoms with van der Waals surface area (Å²) in [6.07, 6.45) is 0.964. The Kier molecular flexibility index (Phi) is 5.18. The minimum atomic E-state index is -0.00706. The van der Waals surface area contributed by atoms with Crippen LogP contribution in [0.25, 0.3) is 0 Å². The van der Waals surface area contributed by atoms with Gasteiger partial charge < -0.3 is 10.2 Å². The lowest BCUT2D eigenvalue weighted by Crippen LogP contribution is -2.25. The molecule has 0 saturated carbocycles. The van der Waals surface area contributed by atoms with Crippen molar-refractivity contribution in [2.75, 3.05) is 24.7 Å². The molecule has 0 saturated heterocycles. The van der Waals surface area contributed by atoms with E-state index >= 15 is 0 Å². The van der Waals surface area contributed by atoms with Crippen LogP contribution in [0, 0.1) is 0 Å². The van der Waals surface area contributed by atoms with Crippen LogP contribution in [0.1, 0.15) is 10.6 Å². The first-order chi connectivity index (χ1) is 10.6. The number of fused-ring (bicyclic) bond motifs is 1. The molecule has 1 amide bonds. The molecule has 0 spiro atoms. The van der Waals surface area contributed by atoms with Crippen LogP contribution in [-0.4, -0.2) is 35.1 Å². The smallest absolute Gasteiger partial charge is 0.236 e. The van der Waals surface area contributed by atoms with Crippen molar-refractivity contribution in [3.63, 3.8) is 0 Å². The first-order valence-corrected chi connectivity index (χ1v) is 9.55. The predicted octanol–water partition coefficient (Wildman–Crippen LogP) is 3.62. The number of anilines is 1. The van der Waals surface area contributed by atoms with Gasteiger partial charge in [-0.1, -0.05) is 15.9 Å². The number of carbonyl (C=O) groups excluding carboxylic acids is 1. The summed E-state index contributed by atoms with van der Waals surface area (Å²) in [4.78, 5) is 21.2. The number of thiazole rings is 1. The highest BCUT2D eigenvalue weighted by Crippen LogP contribution is 2.28. The molecule has 1 aliphatic rings. The zero-order valence-electron chi connectivity index (χ0n) is 12.1. The Bertz CT molecular complexity index is 672. The zero-order chi connectivity index (χ0) is 15.5. The molecule has 0 radical (unpaired) electrons. The van der Waals surface area contributed by atoms with Gasteiger partial charge in [0.2, 0.25) is 5.91 Å². The number of rotatable bonds is 4. The molecule has 7 heteroatoms. The van der Waals surface area contributed by atoms with Crippen LogP contribution in [0.4, 0.5) is 5.13 Å². The maximum absolute atomic E-state index is 12.0. The highest BCUT2D eigenvalue weighted by atomic mass is 79.9. The lowest BCUT2D eigenvalue weighted by atomic mass is 10.2. The second-order valence-corrected chi connectivity index (χ2v) is 8.22. The molecular weight excluding hydrogens is 382 g/mol. The quantitative estimate of drug-likeness (QED) is 0.800. The van der Waals surface area contributed by atoms with Crippen LogP contribution in [0.15, 0.2) is 33.6 Å². The molecule has 116 valence electrons. The molecule has 0 bridgehead atoms. The maximum atomic E-state index is 12.0. The Morgan fingerprint density at radius 1 is 1.45 bits per heavy atom. The summed E-state index contributed by atoms with van der Waals surface area (Å²) in [6.45, 7) is 1.96. The number of hydrogen-bond donors (Lipinski definition) is 1. The molecule has 2 aromatic rings. The fraction of sp³-hybridized carbons (Fsp3) is 0.333. The number of halogens is 1. The fourth-order valence-electron chi connectivity index (χ4n) is 2.21. The average Bonchev–Trinajstić information content (AvgIpc) is 2.88. The number of aromatic nitrogens is 1. The second-order valence-electron chi connectivity index (χ2n) is 5.17. The molecule has 22 heavy (non-hydrogen) atoms. The topological polar surface area (TPSA) is 45.2 Å². The number of benzene rings is 1. The molecule has 4 nitrogen and oxygen atoms in total. The molecule has 1 aromatic heterocycles. The van der Waals surface area contributed by atoms with Crippen molar-refractivity contribution in [2.24, 2.45) is 0 Å². The first kappa shape index (κ1) is 16.0. The summed E-state index contributed by atoms with van der Waals surface area (Å²) in [5.41, 5.74) is 1.14. The van der Waals surface area contributed by atoms with Gasteiger partial charge in [0.15, 0.2) is 5.13 Å². The van der Waals surface area contributed by atoms with Crippen LogP contribution in [0.3, 0.4) is 0 Å². The molecule has 1 aliphatic heterocycles. The zero-order valence-corrected chi connectivity index (χ0v) is 15.4. The molecule has 2 heterocycles. The lowest BCUT2D eigenvalue weighted by molar-refractivity contribution is -0.113. The number of nitrogens with one attached hydrogen (secondary N) is 1. The third kappa shape index (κ3) is 4.10. The SMILES string of the molecule is CN1CCc2nc(NC(=O)CSc3ccc(Br)cc3)sc2C1. The predicted molar refractivity (Wildman–Crippen MR) is 95.6 cm³/mol. The van der Waals surface area contributed by atoms with E-state index in [1.807, 2.05) is 24.3 Å². The van der Waals surface area contributed by atoms with Gasteiger partial charge in [0.1, 0.15) is 0 Å². The number of thioether (sulfide) groups is 1. The molecule has 0 unspecified atom stereocenters. The molecule has 0 atom stereocenters. The summed E-state index contributed by atoms with van der Waals surface area (Å²) in [5, 5.41) is 3.64. The van der Waals surface area contributed by atoms with Crippen molar-refractivity contribution in [2.45, 2.75) is 17.9 Å². The molecule has 3 rings (SSSR count). The largest absolute Gasteiger partial charge is 0.301 e.